The van der Waals surface area contributed by atoms with Crippen molar-refractivity contribution >= 4 is 10.0 Å². The van der Waals surface area contributed by atoms with Gasteiger partial charge < -0.3 is 10.1 Å². The number of ether oxygens (including phenoxy) is 1. The number of aromatic nitrogens is 1. The zero-order valence-corrected chi connectivity index (χ0v) is 13.8. The zero-order chi connectivity index (χ0) is 17.6. The van der Waals surface area contributed by atoms with Crippen molar-refractivity contribution in [2.75, 3.05) is 20.2 Å². The van der Waals surface area contributed by atoms with Gasteiger partial charge in [0.2, 0.25) is 15.9 Å². The predicted molar refractivity (Wildman–Crippen MR) is 79.1 cm³/mol. The molecule has 2 fully saturated rings. The maximum Gasteiger partial charge on any atom is 0.417 e. The van der Waals surface area contributed by atoms with Gasteiger partial charge in [-0.3, -0.25) is 0 Å². The molecule has 2 unspecified atom stereocenters. The van der Waals surface area contributed by atoms with Crippen LogP contribution < -0.4 is 14.8 Å². The number of nitrogens with zero attached hydrogens (tertiary/aromatic N) is 1. The molecule has 134 valence electrons. The lowest BCUT2D eigenvalue weighted by molar-refractivity contribution is -0.138. The van der Waals surface area contributed by atoms with Crippen molar-refractivity contribution in [3.63, 3.8) is 0 Å². The third-order valence-corrected chi connectivity index (χ3v) is 6.11. The van der Waals surface area contributed by atoms with Crippen molar-refractivity contribution < 1.29 is 26.3 Å². The van der Waals surface area contributed by atoms with E-state index < -0.39 is 32.2 Å². The Morgan fingerprint density at radius 1 is 1.46 bits per heavy atom. The average molecular weight is 365 g/mol. The lowest BCUT2D eigenvalue weighted by Gasteiger charge is -2.19. The molecule has 0 aromatic carbocycles. The minimum absolute atomic E-state index is 0.152. The summed E-state index contributed by atoms with van der Waals surface area (Å²) in [5.74, 6) is -0.199. The second-order valence-corrected chi connectivity index (χ2v) is 7.85. The molecule has 3 rings (SSSR count). The molecule has 0 bridgehead atoms. The van der Waals surface area contributed by atoms with E-state index in [0.29, 0.717) is 31.6 Å². The zero-order valence-electron chi connectivity index (χ0n) is 13.0. The number of hydrogen-bond donors (Lipinski definition) is 2. The van der Waals surface area contributed by atoms with Crippen molar-refractivity contribution in [2.45, 2.75) is 35.9 Å². The van der Waals surface area contributed by atoms with Crippen LogP contribution in [0.4, 0.5) is 13.2 Å². The summed E-state index contributed by atoms with van der Waals surface area (Å²) in [6.45, 7) is 1.49. The average Bonchev–Trinajstić information content (AvgIpc) is 3.18. The summed E-state index contributed by atoms with van der Waals surface area (Å²) in [7, 11) is -3.01. The van der Waals surface area contributed by atoms with Gasteiger partial charge in [-0.2, -0.15) is 13.2 Å². The summed E-state index contributed by atoms with van der Waals surface area (Å²) in [5, 5.41) is 3.22. The smallest absolute Gasteiger partial charge is 0.417 e. The first kappa shape index (κ1) is 17.4. The highest BCUT2D eigenvalue weighted by Crippen LogP contribution is 2.48. The third-order valence-electron chi connectivity index (χ3n) is 4.57. The Kier molecular flexibility index (Phi) is 4.25. The van der Waals surface area contributed by atoms with Crippen molar-refractivity contribution in [1.82, 2.24) is 15.0 Å². The van der Waals surface area contributed by atoms with Gasteiger partial charge in [-0.25, -0.2) is 18.1 Å². The molecule has 0 spiro atoms. The van der Waals surface area contributed by atoms with E-state index in [1.165, 1.54) is 7.11 Å². The van der Waals surface area contributed by atoms with Crippen molar-refractivity contribution in [1.29, 1.82) is 0 Å². The first-order chi connectivity index (χ1) is 11.2. The number of nitrogens with one attached hydrogen (secondary N) is 2. The molecule has 2 heterocycles. The molecule has 1 aromatic rings. The molecular formula is C14H18F3N3O3S. The van der Waals surface area contributed by atoms with Crippen LogP contribution in [0.1, 0.15) is 24.8 Å². The van der Waals surface area contributed by atoms with Gasteiger partial charge in [0.1, 0.15) is 4.90 Å². The molecule has 10 heteroatoms. The monoisotopic (exact) mass is 365 g/mol. The van der Waals surface area contributed by atoms with E-state index >= 15 is 0 Å². The molecule has 1 aliphatic heterocycles. The Hall–Kier alpha value is -1.39. The van der Waals surface area contributed by atoms with Crippen LogP contribution in [0.3, 0.4) is 0 Å². The molecule has 1 aliphatic carbocycles. The Morgan fingerprint density at radius 2 is 2.21 bits per heavy atom. The van der Waals surface area contributed by atoms with Crippen molar-refractivity contribution in [3.8, 4) is 5.88 Å². The maximum absolute atomic E-state index is 12.9. The van der Waals surface area contributed by atoms with Gasteiger partial charge in [-0.05, 0) is 44.3 Å². The Balaban J connectivity index is 1.94. The first-order valence-corrected chi connectivity index (χ1v) is 9.02. The van der Waals surface area contributed by atoms with E-state index in [1.807, 2.05) is 0 Å². The SMILES string of the molecule is COc1ncc(C(F)(F)F)cc1S(=O)(=O)NC12CCCNCC1C2. The fourth-order valence-corrected chi connectivity index (χ4v) is 4.84. The number of halogens is 3. The molecule has 6 nitrogen and oxygen atoms in total. The lowest BCUT2D eigenvalue weighted by Crippen LogP contribution is -2.39. The van der Waals surface area contributed by atoms with Crippen molar-refractivity contribution in [3.05, 3.63) is 17.8 Å². The number of alkyl halides is 3. The number of pyridine rings is 1. The summed E-state index contributed by atoms with van der Waals surface area (Å²) in [6.07, 6.45) is -1.99. The molecule has 0 radical (unpaired) electrons. The molecule has 0 amide bonds. The number of fused-ring (bicyclic) bond motifs is 1. The highest BCUT2D eigenvalue weighted by molar-refractivity contribution is 7.89. The molecule has 1 aromatic heterocycles. The predicted octanol–water partition coefficient (Wildman–Crippen LogP) is 1.53. The van der Waals surface area contributed by atoms with Gasteiger partial charge in [-0.1, -0.05) is 0 Å². The maximum atomic E-state index is 12.9. The highest BCUT2D eigenvalue weighted by Gasteiger charge is 2.56. The Morgan fingerprint density at radius 3 is 2.88 bits per heavy atom. The molecule has 2 aliphatic rings. The minimum atomic E-state index is -4.68. The molecule has 2 N–H and O–H groups in total. The number of rotatable bonds is 4. The Bertz CT molecular complexity index is 739. The number of sulfonamides is 1. The number of methoxy groups -OCH3 is 1. The van der Waals surface area contributed by atoms with Crippen molar-refractivity contribution in [2.24, 2.45) is 5.92 Å². The largest absolute Gasteiger partial charge is 0.480 e. The summed E-state index contributed by atoms with van der Waals surface area (Å²) < 4.78 is 71.5. The lowest BCUT2D eigenvalue weighted by atomic mass is 10.1. The first-order valence-electron chi connectivity index (χ1n) is 7.54. The fraction of sp³-hybridized carbons (Fsp3) is 0.643. The van der Waals surface area contributed by atoms with E-state index in [1.54, 1.807) is 0 Å². The summed E-state index contributed by atoms with van der Waals surface area (Å²) in [4.78, 5) is 2.92. The minimum Gasteiger partial charge on any atom is -0.480 e. The quantitative estimate of drug-likeness (QED) is 0.846. The van der Waals surface area contributed by atoms with Gasteiger partial charge in [-0.15, -0.1) is 0 Å². The van der Waals surface area contributed by atoms with Crippen LogP contribution in [0.5, 0.6) is 5.88 Å². The number of hydrogen-bond acceptors (Lipinski definition) is 5. The van der Waals surface area contributed by atoms with Crippen LogP contribution in [0, 0.1) is 5.92 Å². The van der Waals surface area contributed by atoms with Gasteiger partial charge >= 0.3 is 6.18 Å². The topological polar surface area (TPSA) is 80.3 Å². The molecule has 24 heavy (non-hydrogen) atoms. The summed E-state index contributed by atoms with van der Waals surface area (Å²) in [5.41, 5.74) is -1.71. The third kappa shape index (κ3) is 3.22. The van der Waals surface area contributed by atoms with Crippen LogP contribution in [-0.2, 0) is 16.2 Å². The Labute approximate surface area is 137 Å². The van der Waals surface area contributed by atoms with E-state index in [9.17, 15) is 21.6 Å². The van der Waals surface area contributed by atoms with Gasteiger partial charge in [0.05, 0.1) is 12.7 Å². The summed E-state index contributed by atoms with van der Waals surface area (Å²) in [6, 6.07) is 0.567. The van der Waals surface area contributed by atoms with E-state index in [4.69, 9.17) is 4.74 Å². The van der Waals surface area contributed by atoms with E-state index in [-0.39, 0.29) is 11.8 Å². The second kappa shape index (κ2) is 5.85. The van der Waals surface area contributed by atoms with E-state index in [0.717, 1.165) is 13.0 Å². The fourth-order valence-electron chi connectivity index (χ4n) is 3.19. The normalized spacial score (nSPS) is 27.2. The standard InChI is InChI=1S/C14H18F3N3O3S/c1-23-12-11(5-9(8-19-12)14(15,16)17)24(21,22)20-13-3-2-4-18-7-10(13)6-13/h5,8,10,18,20H,2-4,6-7H2,1H3. The van der Waals surface area contributed by atoms with Crippen LogP contribution >= 0.6 is 0 Å². The molecule has 1 saturated heterocycles. The van der Waals surface area contributed by atoms with Crippen LogP contribution in [0.25, 0.3) is 0 Å². The van der Waals surface area contributed by atoms with Gasteiger partial charge in [0.15, 0.2) is 0 Å². The summed E-state index contributed by atoms with van der Waals surface area (Å²) >= 11 is 0. The van der Waals surface area contributed by atoms with Crippen LogP contribution in [0.15, 0.2) is 17.2 Å². The highest BCUT2D eigenvalue weighted by atomic mass is 32.2. The van der Waals surface area contributed by atoms with Gasteiger partial charge in [0, 0.05) is 11.7 Å². The molecule has 1 saturated carbocycles. The van der Waals surface area contributed by atoms with E-state index in [2.05, 4.69) is 15.0 Å². The van der Waals surface area contributed by atoms with Gasteiger partial charge in [0.25, 0.3) is 0 Å². The van der Waals surface area contributed by atoms with Crippen LogP contribution in [-0.4, -0.2) is 39.1 Å². The van der Waals surface area contributed by atoms with Crippen LogP contribution in [0.2, 0.25) is 0 Å². The molecular weight excluding hydrogens is 347 g/mol. The second-order valence-electron chi connectivity index (χ2n) is 6.20. The molecule has 2 atom stereocenters.